The molecule has 0 bridgehead atoms. The number of hydrogen-bond acceptors (Lipinski definition) is 4. The van der Waals surface area contributed by atoms with Gasteiger partial charge in [0.1, 0.15) is 11.8 Å². The Labute approximate surface area is 152 Å². The van der Waals surface area contributed by atoms with Gasteiger partial charge in [0.2, 0.25) is 5.91 Å². The van der Waals surface area contributed by atoms with Gasteiger partial charge in [-0.2, -0.15) is 0 Å². The van der Waals surface area contributed by atoms with Crippen LogP contribution < -0.4 is 10.5 Å². The lowest BCUT2D eigenvalue weighted by atomic mass is 9.91. The van der Waals surface area contributed by atoms with E-state index in [-0.39, 0.29) is 11.8 Å². The molecule has 1 heterocycles. The van der Waals surface area contributed by atoms with Crippen molar-refractivity contribution in [3.63, 3.8) is 0 Å². The van der Waals surface area contributed by atoms with E-state index in [1.165, 1.54) is 0 Å². The first-order valence-electron chi connectivity index (χ1n) is 8.93. The lowest BCUT2D eigenvalue weighted by Gasteiger charge is -2.35. The first-order valence-corrected chi connectivity index (χ1v) is 8.93. The van der Waals surface area contributed by atoms with Gasteiger partial charge in [-0.3, -0.25) is 14.5 Å². The number of hydrogen-bond donors (Lipinski definition) is 2. The first kappa shape index (κ1) is 18.2. The molecule has 1 aliphatic heterocycles. The van der Waals surface area contributed by atoms with Crippen molar-refractivity contribution in [2.45, 2.75) is 25.8 Å². The fourth-order valence-corrected chi connectivity index (χ4v) is 3.74. The van der Waals surface area contributed by atoms with Crippen molar-refractivity contribution in [2.75, 3.05) is 19.7 Å². The molecule has 2 aromatic rings. The van der Waals surface area contributed by atoms with Gasteiger partial charge in [-0.05, 0) is 36.6 Å². The molecule has 6 nitrogen and oxygen atoms in total. The zero-order chi connectivity index (χ0) is 18.7. The zero-order valence-corrected chi connectivity index (χ0v) is 14.9. The number of nitrogens with zero attached hydrogens (tertiary/aromatic N) is 1. The monoisotopic (exact) mass is 356 g/mol. The van der Waals surface area contributed by atoms with E-state index < -0.39 is 12.0 Å². The number of carboxylic acid groups (broad SMARTS) is 1. The Hall–Kier alpha value is -2.60. The number of piperidine rings is 1. The third-order valence-corrected chi connectivity index (χ3v) is 5.03. The van der Waals surface area contributed by atoms with Crippen LogP contribution in [0.3, 0.4) is 0 Å². The molecular formula is C20H24N2O4. The van der Waals surface area contributed by atoms with Gasteiger partial charge in [0.25, 0.3) is 0 Å². The van der Waals surface area contributed by atoms with E-state index in [0.29, 0.717) is 43.9 Å². The van der Waals surface area contributed by atoms with Crippen molar-refractivity contribution in [3.05, 3.63) is 42.0 Å². The number of ether oxygens (including phenoxy) is 1. The van der Waals surface area contributed by atoms with Crippen LogP contribution in [0.5, 0.6) is 5.75 Å². The van der Waals surface area contributed by atoms with Crippen molar-refractivity contribution in [1.29, 1.82) is 0 Å². The van der Waals surface area contributed by atoms with Gasteiger partial charge in [0.15, 0.2) is 0 Å². The Morgan fingerprint density at radius 3 is 2.54 bits per heavy atom. The van der Waals surface area contributed by atoms with Crippen LogP contribution in [-0.2, 0) is 9.59 Å². The van der Waals surface area contributed by atoms with Crippen molar-refractivity contribution < 1.29 is 19.4 Å². The van der Waals surface area contributed by atoms with Gasteiger partial charge in [0.05, 0.1) is 6.61 Å². The topological polar surface area (TPSA) is 92.9 Å². The van der Waals surface area contributed by atoms with Crippen molar-refractivity contribution in [2.24, 2.45) is 11.7 Å². The third-order valence-electron chi connectivity index (χ3n) is 5.03. The van der Waals surface area contributed by atoms with E-state index >= 15 is 0 Å². The maximum Gasteiger partial charge on any atom is 0.325 e. The van der Waals surface area contributed by atoms with Crippen LogP contribution in [0.4, 0.5) is 0 Å². The Balaban J connectivity index is 2.04. The quantitative estimate of drug-likeness (QED) is 0.830. The van der Waals surface area contributed by atoms with E-state index in [9.17, 15) is 14.7 Å². The van der Waals surface area contributed by atoms with E-state index in [2.05, 4.69) is 0 Å². The summed E-state index contributed by atoms with van der Waals surface area (Å²) in [5.74, 6) is -0.813. The number of amides is 1. The summed E-state index contributed by atoms with van der Waals surface area (Å²) < 4.78 is 5.76. The van der Waals surface area contributed by atoms with Crippen LogP contribution in [0.2, 0.25) is 0 Å². The fourth-order valence-electron chi connectivity index (χ4n) is 3.74. The van der Waals surface area contributed by atoms with Gasteiger partial charge in [0, 0.05) is 24.6 Å². The average Bonchev–Trinajstić information content (AvgIpc) is 2.64. The molecule has 6 heteroatoms. The molecule has 0 aromatic heterocycles. The van der Waals surface area contributed by atoms with E-state index in [4.69, 9.17) is 10.5 Å². The largest absolute Gasteiger partial charge is 0.493 e. The molecule has 1 atom stereocenters. The first-order chi connectivity index (χ1) is 12.5. The number of primary amides is 1. The molecule has 1 aliphatic rings. The summed E-state index contributed by atoms with van der Waals surface area (Å²) in [4.78, 5) is 25.6. The van der Waals surface area contributed by atoms with Gasteiger partial charge in [-0.1, -0.05) is 30.3 Å². The van der Waals surface area contributed by atoms with Crippen molar-refractivity contribution >= 4 is 22.6 Å². The molecule has 0 radical (unpaired) electrons. The number of aliphatic carboxylic acids is 1. The van der Waals surface area contributed by atoms with Gasteiger partial charge in [-0.15, -0.1) is 0 Å². The Morgan fingerprint density at radius 2 is 1.92 bits per heavy atom. The number of benzene rings is 2. The number of likely N-dealkylation sites (tertiary alicyclic amines) is 1. The van der Waals surface area contributed by atoms with Crippen LogP contribution in [0.1, 0.15) is 31.4 Å². The van der Waals surface area contributed by atoms with Crippen molar-refractivity contribution in [1.82, 2.24) is 4.90 Å². The minimum atomic E-state index is -0.917. The minimum Gasteiger partial charge on any atom is -0.493 e. The molecule has 0 unspecified atom stereocenters. The highest BCUT2D eigenvalue weighted by atomic mass is 16.5. The van der Waals surface area contributed by atoms with Gasteiger partial charge < -0.3 is 15.6 Å². The number of fused-ring (bicyclic) bond motifs is 1. The number of carbonyl (C=O) groups is 2. The lowest BCUT2D eigenvalue weighted by Crippen LogP contribution is -2.43. The van der Waals surface area contributed by atoms with Crippen LogP contribution in [0.15, 0.2) is 36.4 Å². The molecule has 1 fully saturated rings. The van der Waals surface area contributed by atoms with Crippen LogP contribution in [-0.4, -0.2) is 41.6 Å². The van der Waals surface area contributed by atoms with Crippen LogP contribution in [0.25, 0.3) is 10.8 Å². The van der Waals surface area contributed by atoms with Crippen LogP contribution in [0, 0.1) is 5.92 Å². The molecule has 0 saturated carbocycles. The molecule has 1 amide bonds. The normalized spacial score (nSPS) is 17.1. The Bertz CT molecular complexity index is 813. The number of rotatable bonds is 6. The van der Waals surface area contributed by atoms with Gasteiger partial charge in [-0.25, -0.2) is 0 Å². The van der Waals surface area contributed by atoms with E-state index in [0.717, 1.165) is 10.8 Å². The highest BCUT2D eigenvalue weighted by Gasteiger charge is 2.35. The zero-order valence-electron chi connectivity index (χ0n) is 14.9. The SMILES string of the molecule is CCOc1ccc2ccccc2c1[C@H](C(=O)O)N1CCC(C(N)=O)CC1. The fraction of sp³-hybridized carbons (Fsp3) is 0.400. The second-order valence-electron chi connectivity index (χ2n) is 6.58. The molecule has 2 aromatic carbocycles. The van der Waals surface area contributed by atoms with Gasteiger partial charge >= 0.3 is 5.97 Å². The van der Waals surface area contributed by atoms with Crippen molar-refractivity contribution in [3.8, 4) is 5.75 Å². The third kappa shape index (κ3) is 3.51. The standard InChI is InChI=1S/C20H24N2O4/c1-2-26-16-8-7-13-5-3-4-6-15(13)17(16)18(20(24)25)22-11-9-14(10-12-22)19(21)23/h3-8,14,18H,2,9-12H2,1H3,(H2,21,23)(H,24,25)/t18-/m1/s1. The minimum absolute atomic E-state index is 0.181. The molecule has 3 N–H and O–H groups in total. The lowest BCUT2D eigenvalue weighted by molar-refractivity contribution is -0.144. The summed E-state index contributed by atoms with van der Waals surface area (Å²) in [6, 6.07) is 10.7. The summed E-state index contributed by atoms with van der Waals surface area (Å²) in [5, 5.41) is 11.9. The predicted octanol–water partition coefficient (Wildman–Crippen LogP) is 2.56. The van der Waals surface area contributed by atoms with E-state index in [1.54, 1.807) is 0 Å². The second kappa shape index (κ2) is 7.74. The average molecular weight is 356 g/mol. The summed E-state index contributed by atoms with van der Waals surface area (Å²) in [5.41, 5.74) is 6.08. The molecule has 0 aliphatic carbocycles. The molecule has 0 spiro atoms. The number of carboxylic acids is 1. The summed E-state index contributed by atoms with van der Waals surface area (Å²) in [6.07, 6.45) is 1.15. The molecule has 3 rings (SSSR count). The number of nitrogens with two attached hydrogens (primary N) is 1. The maximum absolute atomic E-state index is 12.2. The highest BCUT2D eigenvalue weighted by Crippen LogP contribution is 2.38. The predicted molar refractivity (Wildman–Crippen MR) is 99.0 cm³/mol. The summed E-state index contributed by atoms with van der Waals surface area (Å²) >= 11 is 0. The van der Waals surface area contributed by atoms with E-state index in [1.807, 2.05) is 48.2 Å². The maximum atomic E-state index is 12.2. The summed E-state index contributed by atoms with van der Waals surface area (Å²) in [6.45, 7) is 3.37. The van der Waals surface area contributed by atoms with Crippen LogP contribution >= 0.6 is 0 Å². The highest BCUT2D eigenvalue weighted by molar-refractivity contribution is 5.92. The number of carbonyl (C=O) groups excluding carboxylic acids is 1. The Morgan fingerprint density at radius 1 is 1.23 bits per heavy atom. The molecule has 26 heavy (non-hydrogen) atoms. The molecular weight excluding hydrogens is 332 g/mol. The molecule has 138 valence electrons. The Kier molecular flexibility index (Phi) is 5.42. The second-order valence-corrected chi connectivity index (χ2v) is 6.58. The smallest absolute Gasteiger partial charge is 0.325 e. The summed E-state index contributed by atoms with van der Waals surface area (Å²) in [7, 11) is 0. The molecule has 1 saturated heterocycles.